The second-order valence-corrected chi connectivity index (χ2v) is 4.97. The van der Waals surface area contributed by atoms with Crippen LogP contribution < -0.4 is 10.1 Å². The number of methoxy groups -OCH3 is 1. The standard InChI is InChI=1S/C16H17ClFNO/c1-19-16(9-11-3-5-12(18)6-4-11)14-8-7-13(20-2)10-15(14)17/h3-8,10,16,19H,9H2,1-2H3. The van der Waals surface area contributed by atoms with E-state index in [0.717, 1.165) is 23.3 Å². The summed E-state index contributed by atoms with van der Waals surface area (Å²) in [7, 11) is 3.49. The molecule has 0 aliphatic heterocycles. The number of hydrogen-bond donors (Lipinski definition) is 1. The zero-order valence-electron chi connectivity index (χ0n) is 11.5. The lowest BCUT2D eigenvalue weighted by molar-refractivity contribution is 0.414. The van der Waals surface area contributed by atoms with Crippen LogP contribution in [0.1, 0.15) is 17.2 Å². The van der Waals surface area contributed by atoms with E-state index in [1.807, 2.05) is 19.2 Å². The SMILES string of the molecule is CNC(Cc1ccc(F)cc1)c1ccc(OC)cc1Cl. The van der Waals surface area contributed by atoms with Crippen LogP contribution in [0, 0.1) is 5.82 Å². The lowest BCUT2D eigenvalue weighted by Crippen LogP contribution is -2.19. The molecule has 2 nitrogen and oxygen atoms in total. The molecule has 0 bridgehead atoms. The summed E-state index contributed by atoms with van der Waals surface area (Å²) >= 11 is 6.29. The maximum atomic E-state index is 12.9. The molecule has 2 aromatic carbocycles. The van der Waals surface area contributed by atoms with Gasteiger partial charge < -0.3 is 10.1 Å². The van der Waals surface area contributed by atoms with Gasteiger partial charge in [-0.15, -0.1) is 0 Å². The van der Waals surface area contributed by atoms with E-state index < -0.39 is 0 Å². The Morgan fingerprint density at radius 1 is 1.20 bits per heavy atom. The minimum Gasteiger partial charge on any atom is -0.497 e. The van der Waals surface area contributed by atoms with E-state index in [4.69, 9.17) is 16.3 Å². The first kappa shape index (κ1) is 14.8. The Hall–Kier alpha value is -1.58. The second kappa shape index (κ2) is 6.73. The van der Waals surface area contributed by atoms with Crippen LogP contribution in [0.25, 0.3) is 0 Å². The van der Waals surface area contributed by atoms with E-state index in [1.54, 1.807) is 25.3 Å². The molecule has 0 fully saturated rings. The number of nitrogens with one attached hydrogen (secondary N) is 1. The predicted octanol–water partition coefficient (Wildman–Crippen LogP) is 3.99. The molecule has 0 heterocycles. The van der Waals surface area contributed by atoms with Gasteiger partial charge in [0.05, 0.1) is 7.11 Å². The molecule has 1 atom stereocenters. The van der Waals surface area contributed by atoms with Crippen LogP contribution in [0.5, 0.6) is 5.75 Å². The number of hydrogen-bond acceptors (Lipinski definition) is 2. The average molecular weight is 294 g/mol. The zero-order valence-corrected chi connectivity index (χ0v) is 12.2. The molecule has 2 aromatic rings. The highest BCUT2D eigenvalue weighted by Gasteiger charge is 2.14. The van der Waals surface area contributed by atoms with Gasteiger partial charge in [0, 0.05) is 11.1 Å². The van der Waals surface area contributed by atoms with E-state index in [0.29, 0.717) is 5.02 Å². The summed E-state index contributed by atoms with van der Waals surface area (Å²) in [4.78, 5) is 0. The van der Waals surface area contributed by atoms with E-state index in [2.05, 4.69) is 5.32 Å². The molecule has 1 unspecified atom stereocenters. The summed E-state index contributed by atoms with van der Waals surface area (Å²) < 4.78 is 18.1. The van der Waals surface area contributed by atoms with Crippen molar-refractivity contribution in [2.24, 2.45) is 0 Å². The van der Waals surface area contributed by atoms with Crippen LogP contribution in [0.3, 0.4) is 0 Å². The van der Waals surface area contributed by atoms with Gasteiger partial charge >= 0.3 is 0 Å². The van der Waals surface area contributed by atoms with Gasteiger partial charge in [-0.2, -0.15) is 0 Å². The molecule has 0 spiro atoms. The van der Waals surface area contributed by atoms with Gasteiger partial charge in [0.2, 0.25) is 0 Å². The summed E-state index contributed by atoms with van der Waals surface area (Å²) in [5.74, 6) is 0.507. The first-order chi connectivity index (χ1) is 9.63. The van der Waals surface area contributed by atoms with Crippen LogP contribution in [-0.4, -0.2) is 14.2 Å². The molecule has 4 heteroatoms. The largest absolute Gasteiger partial charge is 0.497 e. The van der Waals surface area contributed by atoms with E-state index in [-0.39, 0.29) is 11.9 Å². The Bertz CT molecular complexity index is 571. The summed E-state index contributed by atoms with van der Waals surface area (Å²) in [5, 5.41) is 3.90. The van der Waals surface area contributed by atoms with Crippen molar-refractivity contribution >= 4 is 11.6 Å². The molecule has 0 aromatic heterocycles. The molecule has 0 aliphatic rings. The monoisotopic (exact) mass is 293 g/mol. The van der Waals surface area contributed by atoms with E-state index in [9.17, 15) is 4.39 Å². The Balaban J connectivity index is 2.21. The molecule has 0 saturated carbocycles. The van der Waals surface area contributed by atoms with Gasteiger partial charge in [0.25, 0.3) is 0 Å². The summed E-state index contributed by atoms with van der Waals surface area (Å²) in [5.41, 5.74) is 2.05. The van der Waals surface area contributed by atoms with Crippen molar-refractivity contribution in [3.05, 3.63) is 64.4 Å². The fraction of sp³-hybridized carbons (Fsp3) is 0.250. The average Bonchev–Trinajstić information content (AvgIpc) is 2.47. The molecule has 0 radical (unpaired) electrons. The van der Waals surface area contributed by atoms with Crippen molar-refractivity contribution in [2.45, 2.75) is 12.5 Å². The van der Waals surface area contributed by atoms with Crippen LogP contribution in [0.15, 0.2) is 42.5 Å². The van der Waals surface area contributed by atoms with Crippen molar-refractivity contribution in [3.8, 4) is 5.75 Å². The summed E-state index contributed by atoms with van der Waals surface area (Å²) in [6.45, 7) is 0. The third kappa shape index (κ3) is 3.50. The Morgan fingerprint density at radius 2 is 1.90 bits per heavy atom. The van der Waals surface area contributed by atoms with Crippen molar-refractivity contribution in [1.82, 2.24) is 5.32 Å². The molecule has 0 aliphatic carbocycles. The maximum absolute atomic E-state index is 12.9. The fourth-order valence-electron chi connectivity index (χ4n) is 2.14. The molecule has 20 heavy (non-hydrogen) atoms. The predicted molar refractivity (Wildman–Crippen MR) is 79.9 cm³/mol. The number of benzene rings is 2. The highest BCUT2D eigenvalue weighted by Crippen LogP contribution is 2.29. The topological polar surface area (TPSA) is 21.3 Å². The van der Waals surface area contributed by atoms with Crippen molar-refractivity contribution in [2.75, 3.05) is 14.2 Å². The Kier molecular flexibility index (Phi) is 4.99. The maximum Gasteiger partial charge on any atom is 0.123 e. The van der Waals surface area contributed by atoms with Crippen molar-refractivity contribution < 1.29 is 9.13 Å². The van der Waals surface area contributed by atoms with Crippen LogP contribution >= 0.6 is 11.6 Å². The quantitative estimate of drug-likeness (QED) is 0.900. The summed E-state index contributed by atoms with van der Waals surface area (Å²) in [6.07, 6.45) is 0.739. The van der Waals surface area contributed by atoms with Gasteiger partial charge in [-0.3, -0.25) is 0 Å². The zero-order chi connectivity index (χ0) is 14.5. The molecular weight excluding hydrogens is 277 g/mol. The van der Waals surface area contributed by atoms with Gasteiger partial charge in [-0.1, -0.05) is 29.8 Å². The van der Waals surface area contributed by atoms with Gasteiger partial charge in [0.1, 0.15) is 11.6 Å². The third-order valence-electron chi connectivity index (χ3n) is 3.28. The van der Waals surface area contributed by atoms with Crippen LogP contribution in [0.4, 0.5) is 4.39 Å². The highest BCUT2D eigenvalue weighted by molar-refractivity contribution is 6.31. The van der Waals surface area contributed by atoms with Gasteiger partial charge in [0.15, 0.2) is 0 Å². The third-order valence-corrected chi connectivity index (χ3v) is 3.61. The molecule has 2 rings (SSSR count). The van der Waals surface area contributed by atoms with Crippen molar-refractivity contribution in [1.29, 1.82) is 0 Å². The number of ether oxygens (including phenoxy) is 1. The van der Waals surface area contributed by atoms with E-state index >= 15 is 0 Å². The Morgan fingerprint density at radius 3 is 2.45 bits per heavy atom. The number of rotatable bonds is 5. The second-order valence-electron chi connectivity index (χ2n) is 4.56. The lowest BCUT2D eigenvalue weighted by Gasteiger charge is -2.18. The first-order valence-corrected chi connectivity index (χ1v) is 6.77. The normalized spacial score (nSPS) is 12.2. The van der Waals surface area contributed by atoms with Crippen LogP contribution in [-0.2, 0) is 6.42 Å². The first-order valence-electron chi connectivity index (χ1n) is 6.39. The lowest BCUT2D eigenvalue weighted by atomic mass is 9.99. The van der Waals surface area contributed by atoms with Gasteiger partial charge in [-0.05, 0) is 48.9 Å². The van der Waals surface area contributed by atoms with Crippen LogP contribution in [0.2, 0.25) is 5.02 Å². The van der Waals surface area contributed by atoms with Crippen molar-refractivity contribution in [3.63, 3.8) is 0 Å². The highest BCUT2D eigenvalue weighted by atomic mass is 35.5. The fourth-order valence-corrected chi connectivity index (χ4v) is 2.44. The van der Waals surface area contributed by atoms with E-state index in [1.165, 1.54) is 12.1 Å². The number of halogens is 2. The number of likely N-dealkylation sites (N-methyl/N-ethyl adjacent to an activating group) is 1. The summed E-state index contributed by atoms with van der Waals surface area (Å²) in [6, 6.07) is 12.2. The Labute approximate surface area is 123 Å². The molecule has 1 N–H and O–H groups in total. The minimum atomic E-state index is -0.225. The minimum absolute atomic E-state index is 0.0684. The smallest absolute Gasteiger partial charge is 0.123 e. The molecule has 106 valence electrons. The molecular formula is C16H17ClFNO. The van der Waals surface area contributed by atoms with Gasteiger partial charge in [-0.25, -0.2) is 4.39 Å². The molecule has 0 saturated heterocycles. The molecule has 0 amide bonds.